The molecule has 0 amide bonds. The van der Waals surface area contributed by atoms with Gasteiger partial charge in [-0.15, -0.1) is 0 Å². The Bertz CT molecular complexity index is 99.1. The molecule has 0 radical (unpaired) electrons. The molecular weight excluding hydrogens is 110 g/mol. The van der Waals surface area contributed by atoms with Gasteiger partial charge in [0.25, 0.3) is 0 Å². The van der Waals surface area contributed by atoms with Gasteiger partial charge >= 0.3 is 0 Å². The topological polar surface area (TPSA) is 12.0 Å². The second-order valence-electron chi connectivity index (χ2n) is 2.52. The smallest absolute Gasteiger partial charge is 0.0137 e. The highest BCUT2D eigenvalue weighted by molar-refractivity contribution is 5.09. The predicted octanol–water partition coefficient (Wildman–Crippen LogP) is 1.71. The lowest BCUT2D eigenvalue weighted by molar-refractivity contribution is 0.652. The van der Waals surface area contributed by atoms with Crippen LogP contribution in [0.15, 0.2) is 11.6 Å². The Hall–Kier alpha value is -0.300. The minimum Gasteiger partial charge on any atom is -0.314 e. The van der Waals surface area contributed by atoms with Gasteiger partial charge in [0.2, 0.25) is 0 Å². The highest BCUT2D eigenvalue weighted by atomic mass is 14.8. The van der Waals surface area contributed by atoms with Crippen LogP contribution in [0.5, 0.6) is 0 Å². The Morgan fingerprint density at radius 3 is 2.78 bits per heavy atom. The summed E-state index contributed by atoms with van der Waals surface area (Å²) in [4.78, 5) is 0. The van der Waals surface area contributed by atoms with E-state index in [1.807, 2.05) is 0 Å². The Kier molecular flexibility index (Phi) is 2.78. The van der Waals surface area contributed by atoms with Gasteiger partial charge in [-0.25, -0.2) is 0 Å². The fourth-order valence-electron chi connectivity index (χ4n) is 0.946. The van der Waals surface area contributed by atoms with Gasteiger partial charge in [0.15, 0.2) is 0 Å². The predicted molar refractivity (Wildman–Crippen MR) is 40.5 cm³/mol. The van der Waals surface area contributed by atoms with Crippen molar-refractivity contribution in [2.75, 3.05) is 13.1 Å². The highest BCUT2D eigenvalue weighted by Crippen LogP contribution is 2.24. The lowest BCUT2D eigenvalue weighted by Gasteiger charge is -2.15. The molecule has 0 spiro atoms. The van der Waals surface area contributed by atoms with E-state index < -0.39 is 0 Å². The summed E-state index contributed by atoms with van der Waals surface area (Å²) >= 11 is 0. The average molecular weight is 125 g/mol. The fourth-order valence-corrected chi connectivity index (χ4v) is 0.946. The molecule has 1 fully saturated rings. The minimum absolute atomic E-state index is 1.08. The number of nitrogens with one attached hydrogen (secondary N) is 1. The van der Waals surface area contributed by atoms with Crippen molar-refractivity contribution in [2.24, 2.45) is 0 Å². The van der Waals surface area contributed by atoms with Gasteiger partial charge in [-0.1, -0.05) is 18.6 Å². The highest BCUT2D eigenvalue weighted by Gasteiger charge is 2.05. The van der Waals surface area contributed by atoms with Crippen LogP contribution in [-0.2, 0) is 0 Å². The number of hydrogen-bond acceptors (Lipinski definition) is 1. The van der Waals surface area contributed by atoms with Crippen molar-refractivity contribution in [3.05, 3.63) is 11.6 Å². The zero-order valence-electron chi connectivity index (χ0n) is 6.11. The Balaban J connectivity index is 2.01. The van der Waals surface area contributed by atoms with Gasteiger partial charge in [-0.05, 0) is 25.8 Å². The van der Waals surface area contributed by atoms with Crippen LogP contribution in [0, 0.1) is 0 Å². The maximum Gasteiger partial charge on any atom is 0.0137 e. The molecule has 1 N–H and O–H groups in total. The van der Waals surface area contributed by atoms with Crippen molar-refractivity contribution < 1.29 is 0 Å². The molecule has 0 saturated heterocycles. The van der Waals surface area contributed by atoms with E-state index in [2.05, 4.69) is 18.3 Å². The molecule has 1 rings (SSSR count). The summed E-state index contributed by atoms with van der Waals surface area (Å²) in [5, 5.41) is 3.27. The first-order valence-corrected chi connectivity index (χ1v) is 3.82. The Morgan fingerprint density at radius 1 is 1.56 bits per heavy atom. The second kappa shape index (κ2) is 3.67. The molecule has 0 heterocycles. The summed E-state index contributed by atoms with van der Waals surface area (Å²) in [5.41, 5.74) is 1.65. The van der Waals surface area contributed by atoms with Gasteiger partial charge < -0.3 is 5.32 Å². The average Bonchev–Trinajstić information content (AvgIpc) is 1.76. The van der Waals surface area contributed by atoms with E-state index >= 15 is 0 Å². The van der Waals surface area contributed by atoms with Crippen molar-refractivity contribution in [2.45, 2.75) is 26.2 Å². The minimum atomic E-state index is 1.08. The zero-order valence-corrected chi connectivity index (χ0v) is 6.11. The van der Waals surface area contributed by atoms with E-state index in [1.54, 1.807) is 5.57 Å². The van der Waals surface area contributed by atoms with Gasteiger partial charge in [-0.3, -0.25) is 0 Å². The lowest BCUT2D eigenvalue weighted by atomic mass is 9.92. The van der Waals surface area contributed by atoms with Gasteiger partial charge in [-0.2, -0.15) is 0 Å². The summed E-state index contributed by atoms with van der Waals surface area (Å²) in [6.07, 6.45) is 6.45. The summed E-state index contributed by atoms with van der Waals surface area (Å²) in [7, 11) is 0. The molecule has 1 nitrogen and oxygen atoms in total. The van der Waals surface area contributed by atoms with Crippen molar-refractivity contribution >= 4 is 0 Å². The molecule has 9 heavy (non-hydrogen) atoms. The quantitative estimate of drug-likeness (QED) is 0.447. The molecule has 1 aliphatic carbocycles. The first-order chi connectivity index (χ1) is 4.43. The molecule has 0 bridgehead atoms. The maximum absolute atomic E-state index is 3.27. The normalized spacial score (nSPS) is 17.2. The SMILES string of the molecule is CCNCC=C1CCC1. The molecule has 0 unspecified atom stereocenters. The first kappa shape index (κ1) is 6.81. The van der Waals surface area contributed by atoms with Crippen LogP contribution in [-0.4, -0.2) is 13.1 Å². The number of hydrogen-bond donors (Lipinski definition) is 1. The van der Waals surface area contributed by atoms with E-state index in [0.717, 1.165) is 13.1 Å². The van der Waals surface area contributed by atoms with Gasteiger partial charge in [0.1, 0.15) is 0 Å². The summed E-state index contributed by atoms with van der Waals surface area (Å²) in [6.45, 7) is 4.30. The zero-order chi connectivity index (χ0) is 6.53. The molecule has 1 saturated carbocycles. The van der Waals surface area contributed by atoms with Crippen LogP contribution in [0.4, 0.5) is 0 Å². The molecule has 52 valence electrons. The van der Waals surface area contributed by atoms with Gasteiger partial charge in [0.05, 0.1) is 0 Å². The van der Waals surface area contributed by atoms with E-state index in [1.165, 1.54) is 19.3 Å². The molecular formula is C8H15N. The lowest BCUT2D eigenvalue weighted by Crippen LogP contribution is -2.13. The Labute approximate surface area is 57.1 Å². The standard InChI is InChI=1S/C8H15N/c1-2-9-7-6-8-4-3-5-8/h6,9H,2-5,7H2,1H3. The van der Waals surface area contributed by atoms with E-state index in [4.69, 9.17) is 0 Å². The van der Waals surface area contributed by atoms with Crippen molar-refractivity contribution in [3.8, 4) is 0 Å². The third-order valence-electron chi connectivity index (χ3n) is 1.78. The molecule has 0 aliphatic heterocycles. The Morgan fingerprint density at radius 2 is 2.33 bits per heavy atom. The third kappa shape index (κ3) is 2.19. The van der Waals surface area contributed by atoms with Crippen LogP contribution in [0.2, 0.25) is 0 Å². The van der Waals surface area contributed by atoms with Crippen molar-refractivity contribution in [3.63, 3.8) is 0 Å². The molecule has 1 heteroatoms. The van der Waals surface area contributed by atoms with Crippen molar-refractivity contribution in [1.82, 2.24) is 5.32 Å². The molecule has 0 aromatic carbocycles. The number of rotatable bonds is 3. The van der Waals surface area contributed by atoms with Gasteiger partial charge in [0, 0.05) is 6.54 Å². The van der Waals surface area contributed by atoms with Crippen LogP contribution >= 0.6 is 0 Å². The fraction of sp³-hybridized carbons (Fsp3) is 0.750. The van der Waals surface area contributed by atoms with E-state index in [-0.39, 0.29) is 0 Å². The van der Waals surface area contributed by atoms with Crippen LogP contribution in [0.25, 0.3) is 0 Å². The summed E-state index contributed by atoms with van der Waals surface area (Å²) in [6, 6.07) is 0. The number of likely N-dealkylation sites (N-methyl/N-ethyl adjacent to an activating group) is 1. The molecule has 0 aromatic heterocycles. The monoisotopic (exact) mass is 125 g/mol. The summed E-state index contributed by atoms with van der Waals surface area (Å²) in [5.74, 6) is 0. The first-order valence-electron chi connectivity index (χ1n) is 3.82. The van der Waals surface area contributed by atoms with Crippen LogP contribution in [0.3, 0.4) is 0 Å². The molecule has 0 aromatic rings. The van der Waals surface area contributed by atoms with E-state index in [0.29, 0.717) is 0 Å². The summed E-state index contributed by atoms with van der Waals surface area (Å²) < 4.78 is 0. The van der Waals surface area contributed by atoms with Crippen molar-refractivity contribution in [1.29, 1.82) is 0 Å². The van der Waals surface area contributed by atoms with Crippen LogP contribution < -0.4 is 5.32 Å². The van der Waals surface area contributed by atoms with Crippen LogP contribution in [0.1, 0.15) is 26.2 Å². The third-order valence-corrected chi connectivity index (χ3v) is 1.78. The largest absolute Gasteiger partial charge is 0.314 e. The number of allylic oxidation sites excluding steroid dienone is 1. The second-order valence-corrected chi connectivity index (χ2v) is 2.52. The maximum atomic E-state index is 3.27. The molecule has 1 aliphatic rings. The van der Waals surface area contributed by atoms with E-state index in [9.17, 15) is 0 Å². The molecule has 0 atom stereocenters.